The SMILES string of the molecule is Cn1nc(-c2ccc(C(C)(C)C)cc2)cc1C(=O)NCC1C=CC(O)=CC1. The smallest absolute Gasteiger partial charge is 0.269 e. The Balaban J connectivity index is 1.68. The molecule has 1 aliphatic carbocycles. The van der Waals surface area contributed by atoms with Gasteiger partial charge in [0.25, 0.3) is 5.91 Å². The zero-order valence-corrected chi connectivity index (χ0v) is 16.4. The number of rotatable bonds is 4. The van der Waals surface area contributed by atoms with Crippen molar-refractivity contribution in [2.24, 2.45) is 13.0 Å². The number of carbonyl (C=O) groups is 1. The number of hydrogen-bond acceptors (Lipinski definition) is 3. The molecule has 0 bridgehead atoms. The third kappa shape index (κ3) is 4.48. The normalized spacial score (nSPS) is 16.9. The lowest BCUT2D eigenvalue weighted by molar-refractivity contribution is 0.0940. The molecule has 5 nitrogen and oxygen atoms in total. The Labute approximate surface area is 160 Å². The maximum atomic E-state index is 12.5. The Morgan fingerprint density at radius 2 is 2.00 bits per heavy atom. The highest BCUT2D eigenvalue weighted by atomic mass is 16.3. The van der Waals surface area contributed by atoms with Crippen LogP contribution >= 0.6 is 0 Å². The molecule has 1 heterocycles. The third-order valence-corrected chi connectivity index (χ3v) is 4.85. The van der Waals surface area contributed by atoms with Crippen molar-refractivity contribution in [3.05, 3.63) is 65.6 Å². The lowest BCUT2D eigenvalue weighted by Crippen LogP contribution is -2.30. The number of amides is 1. The second-order valence-electron chi connectivity index (χ2n) is 8.06. The third-order valence-electron chi connectivity index (χ3n) is 4.85. The molecule has 3 rings (SSSR count). The number of hydrogen-bond donors (Lipinski definition) is 2. The quantitative estimate of drug-likeness (QED) is 0.856. The van der Waals surface area contributed by atoms with Gasteiger partial charge in [0.1, 0.15) is 11.5 Å². The molecule has 1 amide bonds. The maximum absolute atomic E-state index is 12.5. The molecule has 2 aromatic rings. The number of aliphatic hydroxyl groups is 1. The van der Waals surface area contributed by atoms with Crippen molar-refractivity contribution in [2.75, 3.05) is 6.54 Å². The zero-order valence-electron chi connectivity index (χ0n) is 16.4. The van der Waals surface area contributed by atoms with Crippen LogP contribution in [0.15, 0.2) is 54.3 Å². The minimum atomic E-state index is -0.144. The molecule has 1 aliphatic rings. The first kappa shape index (κ1) is 19.0. The van der Waals surface area contributed by atoms with Gasteiger partial charge in [-0.25, -0.2) is 0 Å². The van der Waals surface area contributed by atoms with Crippen molar-refractivity contribution < 1.29 is 9.90 Å². The van der Waals surface area contributed by atoms with Crippen LogP contribution in [0.2, 0.25) is 0 Å². The summed E-state index contributed by atoms with van der Waals surface area (Å²) < 4.78 is 1.62. The molecule has 0 spiro atoms. The summed E-state index contributed by atoms with van der Waals surface area (Å²) in [7, 11) is 1.78. The predicted octanol–water partition coefficient (Wildman–Crippen LogP) is 4.13. The number of allylic oxidation sites excluding steroid dienone is 2. The summed E-state index contributed by atoms with van der Waals surface area (Å²) in [5.41, 5.74) is 3.68. The van der Waals surface area contributed by atoms with Crippen LogP contribution in [0.5, 0.6) is 0 Å². The topological polar surface area (TPSA) is 67.2 Å². The molecule has 5 heteroatoms. The maximum Gasteiger partial charge on any atom is 0.269 e. The van der Waals surface area contributed by atoms with E-state index in [9.17, 15) is 9.90 Å². The molecular weight excluding hydrogens is 338 g/mol. The molecule has 1 atom stereocenters. The van der Waals surface area contributed by atoms with E-state index in [1.807, 2.05) is 12.1 Å². The van der Waals surface area contributed by atoms with Gasteiger partial charge in [-0.15, -0.1) is 0 Å². The average molecular weight is 365 g/mol. The van der Waals surface area contributed by atoms with E-state index in [-0.39, 0.29) is 23.0 Å². The van der Waals surface area contributed by atoms with E-state index in [4.69, 9.17) is 0 Å². The molecule has 0 fully saturated rings. The molecule has 0 saturated heterocycles. The number of nitrogens with one attached hydrogen (secondary N) is 1. The standard InChI is InChI=1S/C22H27N3O2/c1-22(2,3)17-9-7-16(8-10-17)19-13-20(25(4)24-19)21(27)23-14-15-5-11-18(26)12-6-15/h5,7-13,15,26H,6,14H2,1-4H3,(H,23,27). The van der Waals surface area contributed by atoms with Gasteiger partial charge in [-0.3, -0.25) is 9.48 Å². The minimum Gasteiger partial charge on any atom is -0.508 e. The molecule has 2 N–H and O–H groups in total. The first-order chi connectivity index (χ1) is 12.7. The number of carbonyl (C=O) groups excluding carboxylic acids is 1. The van der Waals surface area contributed by atoms with Crippen LogP contribution < -0.4 is 5.32 Å². The summed E-state index contributed by atoms with van der Waals surface area (Å²) in [6.45, 7) is 7.08. The summed E-state index contributed by atoms with van der Waals surface area (Å²) >= 11 is 0. The van der Waals surface area contributed by atoms with Gasteiger partial charge in [-0.2, -0.15) is 5.10 Å². The van der Waals surface area contributed by atoms with Crippen molar-refractivity contribution in [2.45, 2.75) is 32.6 Å². The van der Waals surface area contributed by atoms with Crippen molar-refractivity contribution in [1.29, 1.82) is 0 Å². The molecule has 1 aromatic heterocycles. The van der Waals surface area contributed by atoms with Crippen molar-refractivity contribution in [3.8, 4) is 11.3 Å². The van der Waals surface area contributed by atoms with E-state index in [1.54, 1.807) is 23.9 Å². The summed E-state index contributed by atoms with van der Waals surface area (Å²) in [4.78, 5) is 12.5. The van der Waals surface area contributed by atoms with E-state index < -0.39 is 0 Å². The fourth-order valence-electron chi connectivity index (χ4n) is 3.08. The molecule has 1 aromatic carbocycles. The number of benzene rings is 1. The van der Waals surface area contributed by atoms with E-state index in [2.05, 4.69) is 55.5 Å². The van der Waals surface area contributed by atoms with Crippen LogP contribution in [0.4, 0.5) is 0 Å². The van der Waals surface area contributed by atoms with Gasteiger partial charge in [0.2, 0.25) is 0 Å². The van der Waals surface area contributed by atoms with Gasteiger partial charge in [0.05, 0.1) is 5.69 Å². The van der Waals surface area contributed by atoms with Crippen LogP contribution in [-0.2, 0) is 12.5 Å². The molecule has 0 radical (unpaired) electrons. The minimum absolute atomic E-state index is 0.104. The number of nitrogens with zero attached hydrogens (tertiary/aromatic N) is 2. The molecule has 0 aliphatic heterocycles. The van der Waals surface area contributed by atoms with Crippen LogP contribution in [0.1, 0.15) is 43.2 Å². The summed E-state index contributed by atoms with van der Waals surface area (Å²) in [6, 6.07) is 10.2. The fraction of sp³-hybridized carbons (Fsp3) is 0.364. The number of aliphatic hydroxyl groups excluding tert-OH is 1. The first-order valence-corrected chi connectivity index (χ1v) is 9.24. The highest BCUT2D eigenvalue weighted by Crippen LogP contribution is 2.26. The highest BCUT2D eigenvalue weighted by molar-refractivity contribution is 5.93. The van der Waals surface area contributed by atoms with Gasteiger partial charge in [0, 0.05) is 19.2 Å². The van der Waals surface area contributed by atoms with Gasteiger partial charge in [-0.1, -0.05) is 51.1 Å². The zero-order chi connectivity index (χ0) is 19.6. The second-order valence-corrected chi connectivity index (χ2v) is 8.06. The Morgan fingerprint density at radius 3 is 2.59 bits per heavy atom. The number of aromatic nitrogens is 2. The lowest BCUT2D eigenvalue weighted by Gasteiger charge is -2.18. The number of aryl methyl sites for hydroxylation is 1. The summed E-state index contributed by atoms with van der Waals surface area (Å²) in [5, 5.41) is 16.8. The molecule has 142 valence electrons. The Morgan fingerprint density at radius 1 is 1.30 bits per heavy atom. The molecular formula is C22H27N3O2. The van der Waals surface area contributed by atoms with Crippen LogP contribution in [0.3, 0.4) is 0 Å². The molecule has 0 saturated carbocycles. The van der Waals surface area contributed by atoms with Crippen molar-refractivity contribution in [3.63, 3.8) is 0 Å². The second kappa shape index (κ2) is 7.43. The van der Waals surface area contributed by atoms with Gasteiger partial charge >= 0.3 is 0 Å². The van der Waals surface area contributed by atoms with Crippen molar-refractivity contribution >= 4 is 5.91 Å². The molecule has 27 heavy (non-hydrogen) atoms. The van der Waals surface area contributed by atoms with Crippen LogP contribution in [-0.4, -0.2) is 27.3 Å². The lowest BCUT2D eigenvalue weighted by atomic mass is 9.86. The summed E-state index contributed by atoms with van der Waals surface area (Å²) in [6.07, 6.45) is 6.07. The van der Waals surface area contributed by atoms with E-state index in [1.165, 1.54) is 5.56 Å². The average Bonchev–Trinajstić information content (AvgIpc) is 3.02. The van der Waals surface area contributed by atoms with Gasteiger partial charge in [-0.05, 0) is 41.5 Å². The van der Waals surface area contributed by atoms with Gasteiger partial charge < -0.3 is 10.4 Å². The van der Waals surface area contributed by atoms with Crippen LogP contribution in [0.25, 0.3) is 11.3 Å². The van der Waals surface area contributed by atoms with E-state index in [0.717, 1.165) is 17.7 Å². The van der Waals surface area contributed by atoms with Crippen molar-refractivity contribution in [1.82, 2.24) is 15.1 Å². The first-order valence-electron chi connectivity index (χ1n) is 9.24. The molecule has 1 unspecified atom stereocenters. The van der Waals surface area contributed by atoms with E-state index >= 15 is 0 Å². The predicted molar refractivity (Wildman–Crippen MR) is 108 cm³/mol. The highest BCUT2D eigenvalue weighted by Gasteiger charge is 2.17. The largest absolute Gasteiger partial charge is 0.508 e. The fourth-order valence-corrected chi connectivity index (χ4v) is 3.08. The monoisotopic (exact) mass is 365 g/mol. The Kier molecular flexibility index (Phi) is 5.22. The Bertz CT molecular complexity index is 883. The Hall–Kier alpha value is -2.82. The summed E-state index contributed by atoms with van der Waals surface area (Å²) in [5.74, 6) is 0.337. The van der Waals surface area contributed by atoms with Crippen LogP contribution in [0, 0.1) is 5.92 Å². The van der Waals surface area contributed by atoms with E-state index in [0.29, 0.717) is 12.2 Å². The van der Waals surface area contributed by atoms with Gasteiger partial charge in [0.15, 0.2) is 0 Å².